The van der Waals surface area contributed by atoms with E-state index >= 15 is 0 Å². The monoisotopic (exact) mass is 320 g/mol. The fraction of sp³-hybridized carbons (Fsp3) is 0.417. The van der Waals surface area contributed by atoms with E-state index in [1.165, 1.54) is 0 Å². The first-order chi connectivity index (χ1) is 8.56. The molecule has 0 fully saturated rings. The van der Waals surface area contributed by atoms with Crippen LogP contribution in [-0.2, 0) is 0 Å². The van der Waals surface area contributed by atoms with E-state index in [0.717, 1.165) is 25.2 Å². The van der Waals surface area contributed by atoms with E-state index in [9.17, 15) is 13.6 Å². The highest BCUT2D eigenvalue weighted by Crippen LogP contribution is 2.19. The second kappa shape index (κ2) is 7.43. The fourth-order valence-corrected chi connectivity index (χ4v) is 1.84. The van der Waals surface area contributed by atoms with E-state index in [4.69, 9.17) is 0 Å². The molecule has 0 radical (unpaired) electrons. The molecule has 100 valence electrons. The van der Waals surface area contributed by atoms with Gasteiger partial charge in [0.1, 0.15) is 17.2 Å². The summed E-state index contributed by atoms with van der Waals surface area (Å²) in [5.74, 6) is -2.47. The molecular formula is C12H15BrF2N2O. The molecule has 0 atom stereocenters. The summed E-state index contributed by atoms with van der Waals surface area (Å²) in [4.78, 5) is 11.6. The van der Waals surface area contributed by atoms with Crippen molar-refractivity contribution in [1.82, 2.24) is 10.6 Å². The Labute approximate surface area is 113 Å². The molecule has 18 heavy (non-hydrogen) atoms. The minimum atomic E-state index is -0.869. The Balaban J connectivity index is 2.57. The van der Waals surface area contributed by atoms with Crippen molar-refractivity contribution >= 4 is 21.8 Å². The average Bonchev–Trinajstić information content (AvgIpc) is 2.27. The number of hydrogen-bond acceptors (Lipinski definition) is 2. The normalized spacial score (nSPS) is 10.4. The van der Waals surface area contributed by atoms with Crippen LogP contribution in [0.25, 0.3) is 0 Å². The van der Waals surface area contributed by atoms with Crippen LogP contribution < -0.4 is 10.6 Å². The van der Waals surface area contributed by atoms with Gasteiger partial charge in [-0.15, -0.1) is 0 Å². The van der Waals surface area contributed by atoms with E-state index in [0.29, 0.717) is 13.0 Å². The molecule has 3 nitrogen and oxygen atoms in total. The van der Waals surface area contributed by atoms with Crippen LogP contribution in [0.3, 0.4) is 0 Å². The number of carbonyl (C=O) groups is 1. The molecule has 0 saturated heterocycles. The van der Waals surface area contributed by atoms with Gasteiger partial charge in [-0.05, 0) is 31.6 Å². The second-order valence-corrected chi connectivity index (χ2v) is 4.62. The maximum Gasteiger partial charge on any atom is 0.257 e. The minimum Gasteiger partial charge on any atom is -0.352 e. The quantitative estimate of drug-likeness (QED) is 0.790. The summed E-state index contributed by atoms with van der Waals surface area (Å²) in [6.45, 7) is 3.96. The first-order valence-corrected chi connectivity index (χ1v) is 6.49. The Hall–Kier alpha value is -1.01. The van der Waals surface area contributed by atoms with Gasteiger partial charge < -0.3 is 10.6 Å². The molecule has 2 N–H and O–H groups in total. The first kappa shape index (κ1) is 15.0. The Morgan fingerprint density at radius 3 is 2.44 bits per heavy atom. The van der Waals surface area contributed by atoms with Crippen molar-refractivity contribution in [2.75, 3.05) is 19.6 Å². The van der Waals surface area contributed by atoms with E-state index in [1.54, 1.807) is 0 Å². The van der Waals surface area contributed by atoms with Crippen molar-refractivity contribution in [3.63, 3.8) is 0 Å². The third-order valence-corrected chi connectivity index (χ3v) is 2.76. The van der Waals surface area contributed by atoms with Crippen LogP contribution in [0.2, 0.25) is 0 Å². The Bertz CT molecular complexity index is 404. The molecule has 0 aromatic heterocycles. The molecule has 1 amide bonds. The molecule has 1 aromatic rings. The molecule has 1 aromatic carbocycles. The van der Waals surface area contributed by atoms with Crippen LogP contribution in [0.4, 0.5) is 8.78 Å². The van der Waals surface area contributed by atoms with Gasteiger partial charge in [0.05, 0.1) is 0 Å². The van der Waals surface area contributed by atoms with Gasteiger partial charge in [-0.25, -0.2) is 8.78 Å². The Morgan fingerprint density at radius 1 is 1.28 bits per heavy atom. The number of halogens is 3. The molecule has 0 spiro atoms. The Morgan fingerprint density at radius 2 is 1.89 bits per heavy atom. The van der Waals surface area contributed by atoms with E-state index < -0.39 is 23.1 Å². The molecule has 6 heteroatoms. The number of benzene rings is 1. The van der Waals surface area contributed by atoms with Gasteiger partial charge in [0.25, 0.3) is 5.91 Å². The average molecular weight is 321 g/mol. The van der Waals surface area contributed by atoms with Gasteiger partial charge in [0, 0.05) is 11.0 Å². The highest BCUT2D eigenvalue weighted by Gasteiger charge is 2.17. The number of nitrogens with one attached hydrogen (secondary N) is 2. The summed E-state index contributed by atoms with van der Waals surface area (Å²) in [6.07, 6.45) is 0.708. The predicted molar refractivity (Wildman–Crippen MR) is 69.6 cm³/mol. The van der Waals surface area contributed by atoms with E-state index in [2.05, 4.69) is 26.6 Å². The molecular weight excluding hydrogens is 306 g/mol. The van der Waals surface area contributed by atoms with Crippen LogP contribution in [0.5, 0.6) is 0 Å². The zero-order valence-electron chi connectivity index (χ0n) is 10.0. The first-order valence-electron chi connectivity index (χ1n) is 5.69. The SMILES string of the molecule is CCNCCCNC(=O)c1c(F)cc(Br)cc1F. The lowest BCUT2D eigenvalue weighted by Crippen LogP contribution is -2.28. The summed E-state index contributed by atoms with van der Waals surface area (Å²) in [5, 5.41) is 5.57. The topological polar surface area (TPSA) is 41.1 Å². The molecule has 0 unspecified atom stereocenters. The molecule has 0 aliphatic rings. The van der Waals surface area contributed by atoms with Gasteiger partial charge in [-0.2, -0.15) is 0 Å². The van der Waals surface area contributed by atoms with Crippen molar-refractivity contribution in [2.45, 2.75) is 13.3 Å². The van der Waals surface area contributed by atoms with Gasteiger partial charge in [-0.1, -0.05) is 22.9 Å². The lowest BCUT2D eigenvalue weighted by atomic mass is 10.2. The smallest absolute Gasteiger partial charge is 0.257 e. The number of amides is 1. The zero-order valence-corrected chi connectivity index (χ0v) is 11.6. The van der Waals surface area contributed by atoms with Gasteiger partial charge in [0.2, 0.25) is 0 Å². The lowest BCUT2D eigenvalue weighted by Gasteiger charge is -2.07. The number of hydrogen-bond donors (Lipinski definition) is 2. The van der Waals surface area contributed by atoms with E-state index in [-0.39, 0.29) is 4.47 Å². The van der Waals surface area contributed by atoms with E-state index in [1.807, 2.05) is 6.92 Å². The summed E-state index contributed by atoms with van der Waals surface area (Å²) < 4.78 is 27.2. The van der Waals surface area contributed by atoms with Crippen LogP contribution >= 0.6 is 15.9 Å². The molecule has 0 aliphatic heterocycles. The molecule has 0 bridgehead atoms. The van der Waals surface area contributed by atoms with Crippen molar-refractivity contribution in [2.24, 2.45) is 0 Å². The van der Waals surface area contributed by atoms with Crippen LogP contribution in [-0.4, -0.2) is 25.5 Å². The van der Waals surface area contributed by atoms with Gasteiger partial charge >= 0.3 is 0 Å². The molecule has 1 rings (SSSR count). The summed E-state index contributed by atoms with van der Waals surface area (Å²) in [6, 6.07) is 2.13. The zero-order chi connectivity index (χ0) is 13.5. The minimum absolute atomic E-state index is 0.265. The molecule has 0 saturated carbocycles. The fourth-order valence-electron chi connectivity index (χ4n) is 1.44. The maximum absolute atomic E-state index is 13.4. The highest BCUT2D eigenvalue weighted by molar-refractivity contribution is 9.10. The summed E-state index contributed by atoms with van der Waals surface area (Å²) in [5.41, 5.74) is -0.540. The van der Waals surface area contributed by atoms with Crippen molar-refractivity contribution in [1.29, 1.82) is 0 Å². The van der Waals surface area contributed by atoms with Crippen LogP contribution in [0.15, 0.2) is 16.6 Å². The number of rotatable bonds is 6. The summed E-state index contributed by atoms with van der Waals surface area (Å²) in [7, 11) is 0. The molecule has 0 heterocycles. The third kappa shape index (κ3) is 4.34. The van der Waals surface area contributed by atoms with Crippen molar-refractivity contribution in [3.8, 4) is 0 Å². The highest BCUT2D eigenvalue weighted by atomic mass is 79.9. The number of carbonyl (C=O) groups excluding carboxylic acids is 1. The van der Waals surface area contributed by atoms with Crippen molar-refractivity contribution in [3.05, 3.63) is 33.8 Å². The summed E-state index contributed by atoms with van der Waals surface area (Å²) >= 11 is 2.96. The Kier molecular flexibility index (Phi) is 6.21. The second-order valence-electron chi connectivity index (χ2n) is 3.71. The van der Waals surface area contributed by atoms with Crippen molar-refractivity contribution < 1.29 is 13.6 Å². The lowest BCUT2D eigenvalue weighted by molar-refractivity contribution is 0.0945. The van der Waals surface area contributed by atoms with Crippen LogP contribution in [0.1, 0.15) is 23.7 Å². The maximum atomic E-state index is 13.4. The molecule has 0 aliphatic carbocycles. The predicted octanol–water partition coefficient (Wildman–Crippen LogP) is 2.46. The third-order valence-electron chi connectivity index (χ3n) is 2.30. The van der Waals surface area contributed by atoms with Gasteiger partial charge in [-0.3, -0.25) is 4.79 Å². The van der Waals surface area contributed by atoms with Gasteiger partial charge in [0.15, 0.2) is 0 Å². The van der Waals surface area contributed by atoms with Crippen LogP contribution in [0, 0.1) is 11.6 Å². The standard InChI is InChI=1S/C12H15BrF2N2O/c1-2-16-4-3-5-17-12(18)11-9(14)6-8(13)7-10(11)15/h6-7,16H,2-5H2,1H3,(H,17,18). The largest absolute Gasteiger partial charge is 0.352 e.